The van der Waals surface area contributed by atoms with Crippen molar-refractivity contribution in [2.24, 2.45) is 0 Å². The van der Waals surface area contributed by atoms with Gasteiger partial charge in [0.25, 0.3) is 5.56 Å². The van der Waals surface area contributed by atoms with E-state index in [1.165, 1.54) is 11.1 Å². The predicted octanol–water partition coefficient (Wildman–Crippen LogP) is 3.17. The summed E-state index contributed by atoms with van der Waals surface area (Å²) in [5.74, 6) is 2.92. The fourth-order valence-electron chi connectivity index (χ4n) is 3.11. The lowest BCUT2D eigenvalue weighted by Crippen LogP contribution is -2.18. The van der Waals surface area contributed by atoms with Crippen LogP contribution in [0, 0.1) is 0 Å². The molecule has 1 aromatic carbocycles. The monoisotopic (exact) mass is 439 g/mol. The topological polar surface area (TPSA) is 83.1 Å². The maximum Gasteiger partial charge on any atom is 0.255 e. The highest BCUT2D eigenvalue weighted by Gasteiger charge is 2.05. The first-order valence-electron chi connectivity index (χ1n) is 10.1. The Bertz CT molecular complexity index is 1020. The van der Waals surface area contributed by atoms with E-state index in [0.29, 0.717) is 23.8 Å². The van der Waals surface area contributed by atoms with Gasteiger partial charge in [-0.1, -0.05) is 30.3 Å². The van der Waals surface area contributed by atoms with Crippen molar-refractivity contribution in [3.05, 3.63) is 81.4 Å². The SMILES string of the molecule is COc1ccc(Cc2cnc(NCCSCc3cccc(CN(C)C)c3)[nH]c2=O)cn1. The summed E-state index contributed by atoms with van der Waals surface area (Å²) in [6.45, 7) is 1.68. The summed E-state index contributed by atoms with van der Waals surface area (Å²) in [7, 11) is 5.73. The molecule has 0 unspecified atom stereocenters. The zero-order valence-corrected chi connectivity index (χ0v) is 19.0. The van der Waals surface area contributed by atoms with Crippen LogP contribution < -0.4 is 15.6 Å². The number of thioether (sulfide) groups is 1. The van der Waals surface area contributed by atoms with Crippen LogP contribution in [0.25, 0.3) is 0 Å². The maximum atomic E-state index is 12.4. The Balaban J connectivity index is 1.43. The molecule has 0 aliphatic carbocycles. The van der Waals surface area contributed by atoms with Crippen LogP contribution in [0.2, 0.25) is 0 Å². The smallest absolute Gasteiger partial charge is 0.255 e. The van der Waals surface area contributed by atoms with Gasteiger partial charge in [-0.2, -0.15) is 11.8 Å². The Labute approximate surface area is 187 Å². The fraction of sp³-hybridized carbons (Fsp3) is 0.348. The van der Waals surface area contributed by atoms with Crippen LogP contribution >= 0.6 is 11.8 Å². The first-order chi connectivity index (χ1) is 15.0. The Kier molecular flexibility index (Phi) is 8.49. The molecule has 0 aliphatic rings. The van der Waals surface area contributed by atoms with Gasteiger partial charge in [0, 0.05) is 55.0 Å². The summed E-state index contributed by atoms with van der Waals surface area (Å²) in [4.78, 5) is 25.9. The number of aromatic amines is 1. The van der Waals surface area contributed by atoms with E-state index in [0.717, 1.165) is 30.2 Å². The molecular weight excluding hydrogens is 410 g/mol. The summed E-state index contributed by atoms with van der Waals surface area (Å²) in [6, 6.07) is 12.4. The Morgan fingerprint density at radius 1 is 1.10 bits per heavy atom. The lowest BCUT2D eigenvalue weighted by molar-refractivity contribution is 0.397. The number of nitrogens with zero attached hydrogens (tertiary/aromatic N) is 3. The van der Waals surface area contributed by atoms with Crippen molar-refractivity contribution in [2.45, 2.75) is 18.7 Å². The largest absolute Gasteiger partial charge is 0.481 e. The molecule has 3 aromatic rings. The molecule has 2 aromatic heterocycles. The number of aromatic nitrogens is 3. The zero-order valence-electron chi connectivity index (χ0n) is 18.2. The van der Waals surface area contributed by atoms with Gasteiger partial charge in [-0.05, 0) is 30.8 Å². The van der Waals surface area contributed by atoms with E-state index in [9.17, 15) is 4.79 Å². The molecule has 0 saturated carbocycles. The molecule has 2 heterocycles. The van der Waals surface area contributed by atoms with E-state index < -0.39 is 0 Å². The van der Waals surface area contributed by atoms with Gasteiger partial charge in [0.1, 0.15) is 0 Å². The van der Waals surface area contributed by atoms with Crippen LogP contribution in [0.3, 0.4) is 0 Å². The number of hydrogen-bond acceptors (Lipinski definition) is 7. The van der Waals surface area contributed by atoms with Gasteiger partial charge >= 0.3 is 0 Å². The third-order valence-corrected chi connectivity index (χ3v) is 5.60. The van der Waals surface area contributed by atoms with Crippen LogP contribution in [-0.2, 0) is 18.7 Å². The van der Waals surface area contributed by atoms with E-state index in [2.05, 4.69) is 63.5 Å². The molecule has 0 fully saturated rings. The number of anilines is 1. The molecule has 3 rings (SSSR count). The lowest BCUT2D eigenvalue weighted by Gasteiger charge is -2.11. The molecule has 0 spiro atoms. The molecule has 31 heavy (non-hydrogen) atoms. The van der Waals surface area contributed by atoms with E-state index in [1.54, 1.807) is 25.6 Å². The molecule has 8 heteroatoms. The molecule has 0 bridgehead atoms. The number of ether oxygens (including phenoxy) is 1. The number of nitrogens with one attached hydrogen (secondary N) is 2. The highest BCUT2D eigenvalue weighted by atomic mass is 32.2. The minimum absolute atomic E-state index is 0.140. The Morgan fingerprint density at radius 3 is 2.65 bits per heavy atom. The van der Waals surface area contributed by atoms with Crippen LogP contribution in [0.1, 0.15) is 22.3 Å². The number of hydrogen-bond donors (Lipinski definition) is 2. The summed E-state index contributed by atoms with van der Waals surface area (Å²) >= 11 is 1.85. The van der Waals surface area contributed by atoms with Gasteiger partial charge in [-0.15, -0.1) is 0 Å². The van der Waals surface area contributed by atoms with Crippen LogP contribution in [-0.4, -0.2) is 53.4 Å². The Hall–Kier alpha value is -2.84. The van der Waals surface area contributed by atoms with Crippen LogP contribution in [0.4, 0.5) is 5.95 Å². The normalized spacial score (nSPS) is 11.0. The summed E-state index contributed by atoms with van der Waals surface area (Å²) in [5, 5.41) is 3.19. The summed E-state index contributed by atoms with van der Waals surface area (Å²) in [5.41, 5.74) is 4.05. The predicted molar refractivity (Wildman–Crippen MR) is 127 cm³/mol. The van der Waals surface area contributed by atoms with Gasteiger partial charge < -0.3 is 15.0 Å². The third-order valence-electron chi connectivity index (χ3n) is 4.57. The van der Waals surface area contributed by atoms with Crippen LogP contribution in [0.5, 0.6) is 5.88 Å². The van der Waals surface area contributed by atoms with Gasteiger partial charge in [-0.25, -0.2) is 9.97 Å². The number of methoxy groups -OCH3 is 1. The second kappa shape index (κ2) is 11.5. The molecule has 0 radical (unpaired) electrons. The van der Waals surface area contributed by atoms with Gasteiger partial charge in [0.05, 0.1) is 7.11 Å². The maximum absolute atomic E-state index is 12.4. The number of rotatable bonds is 11. The van der Waals surface area contributed by atoms with Crippen LogP contribution in [0.15, 0.2) is 53.6 Å². The highest BCUT2D eigenvalue weighted by molar-refractivity contribution is 7.98. The zero-order chi connectivity index (χ0) is 22.1. The van der Waals surface area contributed by atoms with Crippen molar-refractivity contribution in [3.63, 3.8) is 0 Å². The molecule has 0 aliphatic heterocycles. The van der Waals surface area contributed by atoms with Gasteiger partial charge in [-0.3, -0.25) is 9.78 Å². The standard InChI is InChI=1S/C23H29N5O2S/c1-28(2)15-18-5-4-6-19(11-18)16-31-10-9-24-23-26-14-20(22(29)27-23)12-17-7-8-21(30-3)25-13-17/h4-8,11,13-14H,9-10,12,15-16H2,1-3H3,(H2,24,26,27,29). The molecule has 0 saturated heterocycles. The lowest BCUT2D eigenvalue weighted by atomic mass is 10.1. The van der Waals surface area contributed by atoms with E-state index in [4.69, 9.17) is 4.74 Å². The summed E-state index contributed by atoms with van der Waals surface area (Å²) in [6.07, 6.45) is 3.80. The first-order valence-corrected chi connectivity index (χ1v) is 11.3. The van der Waals surface area contributed by atoms with Crippen molar-refractivity contribution in [2.75, 3.05) is 38.8 Å². The van der Waals surface area contributed by atoms with Crippen molar-refractivity contribution < 1.29 is 4.74 Å². The first kappa shape index (κ1) is 22.8. The average Bonchev–Trinajstić information content (AvgIpc) is 2.75. The van der Waals surface area contributed by atoms with Crippen molar-refractivity contribution >= 4 is 17.7 Å². The molecule has 0 amide bonds. The van der Waals surface area contributed by atoms with Crippen molar-refractivity contribution in [1.29, 1.82) is 0 Å². The van der Waals surface area contributed by atoms with Crippen molar-refractivity contribution in [3.8, 4) is 5.88 Å². The molecule has 164 valence electrons. The minimum atomic E-state index is -0.140. The quantitative estimate of drug-likeness (QED) is 0.444. The van der Waals surface area contributed by atoms with Gasteiger partial charge in [0.2, 0.25) is 11.8 Å². The molecule has 7 nitrogen and oxygen atoms in total. The second-order valence-corrected chi connectivity index (χ2v) is 8.61. The van der Waals surface area contributed by atoms with E-state index in [-0.39, 0.29) is 5.56 Å². The fourth-order valence-corrected chi connectivity index (χ4v) is 3.91. The Morgan fingerprint density at radius 2 is 1.94 bits per heavy atom. The van der Waals surface area contributed by atoms with Gasteiger partial charge in [0.15, 0.2) is 0 Å². The highest BCUT2D eigenvalue weighted by Crippen LogP contribution is 2.15. The summed E-state index contributed by atoms with van der Waals surface area (Å²) < 4.78 is 5.05. The number of pyridine rings is 1. The molecule has 0 atom stereocenters. The van der Waals surface area contributed by atoms with E-state index >= 15 is 0 Å². The third kappa shape index (κ3) is 7.41. The minimum Gasteiger partial charge on any atom is -0.481 e. The number of H-pyrrole nitrogens is 1. The number of benzene rings is 1. The van der Waals surface area contributed by atoms with E-state index in [1.807, 2.05) is 17.8 Å². The van der Waals surface area contributed by atoms with Crippen molar-refractivity contribution in [1.82, 2.24) is 19.9 Å². The molecular formula is C23H29N5O2S. The molecule has 2 N–H and O–H groups in total. The second-order valence-electron chi connectivity index (χ2n) is 7.51. The average molecular weight is 440 g/mol.